The molecule has 13 nitrogen and oxygen atoms in total. The summed E-state index contributed by atoms with van der Waals surface area (Å²) >= 11 is 0. The van der Waals surface area contributed by atoms with Gasteiger partial charge in [0.25, 0.3) is 10.0 Å². The quantitative estimate of drug-likeness (QED) is 0.233. The van der Waals surface area contributed by atoms with Crippen molar-refractivity contribution in [2.24, 2.45) is 0 Å². The Morgan fingerprint density at radius 1 is 1.00 bits per heavy atom. The maximum Gasteiger partial charge on any atom is 0.256 e. The van der Waals surface area contributed by atoms with Gasteiger partial charge >= 0.3 is 0 Å². The van der Waals surface area contributed by atoms with Gasteiger partial charge in [-0.25, -0.2) is 23.4 Å². The van der Waals surface area contributed by atoms with Crippen LogP contribution in [0.2, 0.25) is 0 Å². The molecule has 0 radical (unpaired) electrons. The van der Waals surface area contributed by atoms with E-state index in [9.17, 15) is 13.5 Å². The summed E-state index contributed by atoms with van der Waals surface area (Å²) in [5, 5.41) is 21.1. The fourth-order valence-electron chi connectivity index (χ4n) is 5.75. The van der Waals surface area contributed by atoms with Crippen molar-refractivity contribution in [2.75, 3.05) is 30.8 Å². The lowest BCUT2D eigenvalue weighted by atomic mass is 9.83. The Labute approximate surface area is 262 Å². The van der Waals surface area contributed by atoms with Crippen LogP contribution in [0.15, 0.2) is 55.2 Å². The molecule has 14 heteroatoms. The van der Waals surface area contributed by atoms with Crippen LogP contribution in [0.1, 0.15) is 45.4 Å². The summed E-state index contributed by atoms with van der Waals surface area (Å²) in [5.41, 5.74) is 2.34. The lowest BCUT2D eigenvalue weighted by Crippen LogP contribution is -2.51. The van der Waals surface area contributed by atoms with Gasteiger partial charge in [0.1, 0.15) is 23.5 Å². The van der Waals surface area contributed by atoms with E-state index < -0.39 is 15.6 Å². The molecular formula is C31H37N9O4S. The Balaban J connectivity index is 1.12. The molecule has 0 bridgehead atoms. The normalized spacial score (nSPS) is 22.5. The number of likely N-dealkylation sites (N-methyl/N-ethyl adjacent to an activating group) is 1. The van der Waals surface area contributed by atoms with Gasteiger partial charge in [-0.05, 0) is 70.7 Å². The number of anilines is 3. The van der Waals surface area contributed by atoms with Gasteiger partial charge in [-0.15, -0.1) is 0 Å². The number of hydrogen-bond acceptors (Lipinski definition) is 12. The van der Waals surface area contributed by atoms with Crippen molar-refractivity contribution in [3.8, 4) is 28.4 Å². The van der Waals surface area contributed by atoms with Gasteiger partial charge in [0.15, 0.2) is 5.82 Å². The lowest BCUT2D eigenvalue weighted by molar-refractivity contribution is 0.0196. The number of hydrogen-bond donors (Lipinski definition) is 3. The van der Waals surface area contributed by atoms with Crippen molar-refractivity contribution in [1.29, 1.82) is 0 Å². The number of likely N-dealkylation sites (tertiary alicyclic amines) is 1. The van der Waals surface area contributed by atoms with Crippen LogP contribution in [0, 0.1) is 0 Å². The first-order valence-electron chi connectivity index (χ1n) is 15.3. The smallest absolute Gasteiger partial charge is 0.256 e. The SMILES string of the molecule is CN1CC(Oc2ccc(-c3cnc(Nc4ccnc(-c5cnn(S(=O)(=O)C6CC6)c5)n4)cc3NC3CCC(C)(O)CC3)nc2)C1. The van der Waals surface area contributed by atoms with E-state index in [2.05, 4.69) is 42.6 Å². The molecule has 7 rings (SSSR count). The molecule has 0 atom stereocenters. The van der Waals surface area contributed by atoms with E-state index in [4.69, 9.17) is 9.72 Å². The third kappa shape index (κ3) is 6.63. The maximum absolute atomic E-state index is 12.6. The van der Waals surface area contributed by atoms with E-state index >= 15 is 0 Å². The summed E-state index contributed by atoms with van der Waals surface area (Å²) in [5.74, 6) is 2.15. The minimum absolute atomic E-state index is 0.185. The van der Waals surface area contributed by atoms with Gasteiger partial charge in [0.2, 0.25) is 0 Å². The van der Waals surface area contributed by atoms with Gasteiger partial charge in [0, 0.05) is 48.8 Å². The zero-order chi connectivity index (χ0) is 31.2. The van der Waals surface area contributed by atoms with Crippen molar-refractivity contribution >= 4 is 27.3 Å². The van der Waals surface area contributed by atoms with Gasteiger partial charge in [0.05, 0.1) is 40.7 Å². The zero-order valence-electron chi connectivity index (χ0n) is 25.3. The summed E-state index contributed by atoms with van der Waals surface area (Å²) < 4.78 is 32.2. The Morgan fingerprint density at radius 2 is 1.80 bits per heavy atom. The number of aromatic nitrogens is 6. The summed E-state index contributed by atoms with van der Waals surface area (Å²) in [6, 6.07) is 7.72. The fourth-order valence-corrected chi connectivity index (χ4v) is 7.22. The highest BCUT2D eigenvalue weighted by atomic mass is 32.2. The number of nitrogens with zero attached hydrogens (tertiary/aromatic N) is 7. The highest BCUT2D eigenvalue weighted by Gasteiger charge is 2.38. The third-order valence-electron chi connectivity index (χ3n) is 8.61. The third-order valence-corrected chi connectivity index (χ3v) is 10.6. The van der Waals surface area contributed by atoms with Crippen LogP contribution in [-0.4, -0.2) is 90.7 Å². The van der Waals surface area contributed by atoms with Crippen LogP contribution >= 0.6 is 0 Å². The molecule has 4 aromatic heterocycles. The van der Waals surface area contributed by atoms with Crippen LogP contribution in [0.25, 0.3) is 22.6 Å². The van der Waals surface area contributed by atoms with E-state index in [0.29, 0.717) is 35.9 Å². The molecule has 0 aromatic carbocycles. The molecule has 4 aromatic rings. The molecule has 2 aliphatic carbocycles. The van der Waals surface area contributed by atoms with Crippen LogP contribution in [-0.2, 0) is 10.0 Å². The topological polar surface area (TPSA) is 160 Å². The van der Waals surface area contributed by atoms with Crippen molar-refractivity contribution < 1.29 is 18.3 Å². The Hall–Kier alpha value is -4.14. The average Bonchev–Trinajstić information content (AvgIpc) is 3.75. The van der Waals surface area contributed by atoms with Crippen molar-refractivity contribution in [1.82, 2.24) is 34.0 Å². The maximum atomic E-state index is 12.6. The van der Waals surface area contributed by atoms with Crippen LogP contribution in [0.3, 0.4) is 0 Å². The molecule has 45 heavy (non-hydrogen) atoms. The molecule has 3 N–H and O–H groups in total. The number of nitrogens with one attached hydrogen (secondary N) is 2. The van der Waals surface area contributed by atoms with Gasteiger partial charge in [-0.3, -0.25) is 9.88 Å². The first-order valence-corrected chi connectivity index (χ1v) is 16.8. The number of rotatable bonds is 10. The lowest BCUT2D eigenvalue weighted by Gasteiger charge is -2.35. The second-order valence-electron chi connectivity index (χ2n) is 12.6. The summed E-state index contributed by atoms with van der Waals surface area (Å²) in [6.45, 7) is 3.70. The monoisotopic (exact) mass is 631 g/mol. The van der Waals surface area contributed by atoms with Gasteiger partial charge < -0.3 is 20.5 Å². The summed E-state index contributed by atoms with van der Waals surface area (Å²) in [7, 11) is -1.41. The van der Waals surface area contributed by atoms with Crippen LogP contribution in [0.5, 0.6) is 5.75 Å². The zero-order valence-corrected chi connectivity index (χ0v) is 26.1. The van der Waals surface area contributed by atoms with Crippen molar-refractivity contribution in [2.45, 2.75) is 68.4 Å². The molecular weight excluding hydrogens is 594 g/mol. The standard InChI is InChI=1S/C31H37N9O4S/c1-31(41)10-7-21(8-11-31)36-27-13-29(34-16-25(27)26-6-3-22(15-33-26)44-23-18-39(2)19-23)37-28-9-12-32-30(38-28)20-14-35-40(17-20)45(42,43)24-4-5-24/h3,6,9,12-17,21,23-24,41H,4-5,7-8,10-11,18-19H2,1-2H3,(H2,32,34,36,37,38). The second-order valence-corrected chi connectivity index (χ2v) is 14.7. The molecule has 5 heterocycles. The van der Waals surface area contributed by atoms with Gasteiger partial charge in [-0.1, -0.05) is 0 Å². The van der Waals surface area contributed by atoms with E-state index in [1.165, 1.54) is 12.4 Å². The number of ether oxygens (including phenoxy) is 1. The van der Waals surface area contributed by atoms with E-state index in [0.717, 1.165) is 65.6 Å². The molecule has 2 saturated carbocycles. The summed E-state index contributed by atoms with van der Waals surface area (Å²) in [4.78, 5) is 20.5. The molecule has 1 saturated heterocycles. The van der Waals surface area contributed by atoms with E-state index in [1.807, 2.05) is 25.1 Å². The molecule has 1 aliphatic heterocycles. The molecule has 3 fully saturated rings. The Kier molecular flexibility index (Phi) is 7.66. The van der Waals surface area contributed by atoms with Crippen molar-refractivity contribution in [3.05, 3.63) is 55.2 Å². The highest BCUT2D eigenvalue weighted by Crippen LogP contribution is 2.35. The Morgan fingerprint density at radius 3 is 2.51 bits per heavy atom. The highest BCUT2D eigenvalue weighted by molar-refractivity contribution is 7.90. The first kappa shape index (κ1) is 29.6. The molecule has 236 valence electrons. The second kappa shape index (κ2) is 11.7. The molecule has 0 spiro atoms. The predicted octanol–water partition coefficient (Wildman–Crippen LogP) is 3.68. The Bertz CT molecular complexity index is 1770. The molecule has 3 aliphatic rings. The predicted molar refractivity (Wildman–Crippen MR) is 170 cm³/mol. The van der Waals surface area contributed by atoms with E-state index in [1.54, 1.807) is 24.7 Å². The average molecular weight is 632 g/mol. The minimum atomic E-state index is -3.48. The molecule has 0 amide bonds. The van der Waals surface area contributed by atoms with Crippen LogP contribution in [0.4, 0.5) is 17.3 Å². The fraction of sp³-hybridized carbons (Fsp3) is 0.452. The largest absolute Gasteiger partial charge is 0.486 e. The first-order chi connectivity index (χ1) is 21.6. The van der Waals surface area contributed by atoms with Crippen molar-refractivity contribution in [3.63, 3.8) is 0 Å². The number of aliphatic hydroxyl groups is 1. The van der Waals surface area contributed by atoms with Gasteiger partial charge in [-0.2, -0.15) is 9.19 Å². The minimum Gasteiger partial charge on any atom is -0.486 e. The van der Waals surface area contributed by atoms with E-state index in [-0.39, 0.29) is 17.4 Å². The molecule has 0 unspecified atom stereocenters. The number of pyridine rings is 2. The summed E-state index contributed by atoms with van der Waals surface area (Å²) in [6.07, 6.45) is 12.7. The van der Waals surface area contributed by atoms with Crippen LogP contribution < -0.4 is 15.4 Å².